The first-order valence-electron chi connectivity index (χ1n) is 6.91. The van der Waals surface area contributed by atoms with Gasteiger partial charge in [-0.3, -0.25) is 4.79 Å². The third-order valence-electron chi connectivity index (χ3n) is 3.70. The molecule has 8 nitrogen and oxygen atoms in total. The third kappa shape index (κ3) is 4.02. The van der Waals surface area contributed by atoms with Gasteiger partial charge in [0, 0.05) is 13.1 Å². The second-order valence-electron chi connectivity index (χ2n) is 5.07. The molecule has 0 aromatic carbocycles. The van der Waals surface area contributed by atoms with Crippen molar-refractivity contribution in [3.63, 3.8) is 0 Å². The molecule has 9 heteroatoms. The maximum absolute atomic E-state index is 12.1. The van der Waals surface area contributed by atoms with Crippen LogP contribution in [0.5, 0.6) is 0 Å². The number of amides is 1. The summed E-state index contributed by atoms with van der Waals surface area (Å²) in [6, 6.07) is 0. The molecule has 1 fully saturated rings. The summed E-state index contributed by atoms with van der Waals surface area (Å²) >= 11 is 0. The second kappa shape index (κ2) is 6.54. The van der Waals surface area contributed by atoms with Crippen molar-refractivity contribution in [1.82, 2.24) is 14.0 Å². The van der Waals surface area contributed by atoms with Crippen LogP contribution in [0.4, 0.5) is 0 Å². The maximum atomic E-state index is 12.1. The molecule has 118 valence electrons. The summed E-state index contributed by atoms with van der Waals surface area (Å²) in [5, 5.41) is 0. The van der Waals surface area contributed by atoms with Crippen LogP contribution in [0.1, 0.15) is 42.6 Å². The molecule has 3 N–H and O–H groups in total. The fourth-order valence-corrected chi connectivity index (χ4v) is 3.49. The number of nitrogens with one attached hydrogen (secondary N) is 1. The summed E-state index contributed by atoms with van der Waals surface area (Å²) in [5.41, 5.74) is 5.02. The Bertz CT molecular complexity index is 590. The van der Waals surface area contributed by atoms with Crippen LogP contribution in [-0.4, -0.2) is 36.7 Å². The number of hydrogen-bond donors (Lipinski definition) is 2. The van der Waals surface area contributed by atoms with Gasteiger partial charge in [0.05, 0.1) is 6.54 Å². The highest BCUT2D eigenvalue weighted by Crippen LogP contribution is 2.21. The topological polar surface area (TPSA) is 119 Å². The van der Waals surface area contributed by atoms with Crippen molar-refractivity contribution in [2.75, 3.05) is 13.1 Å². The van der Waals surface area contributed by atoms with Gasteiger partial charge in [0.1, 0.15) is 6.26 Å². The summed E-state index contributed by atoms with van der Waals surface area (Å²) < 4.78 is 33.1. The number of primary amides is 1. The number of aromatic nitrogens is 1. The Hall–Kier alpha value is -1.45. The van der Waals surface area contributed by atoms with Crippen molar-refractivity contribution >= 4 is 16.1 Å². The minimum absolute atomic E-state index is 0.0204. The average molecular weight is 316 g/mol. The average Bonchev–Trinajstić information content (AvgIpc) is 2.94. The SMILES string of the molecule is CCC1CCN(S(=O)(=O)NCc2nc(C(N)=O)co2)CC1. The zero-order valence-corrected chi connectivity index (χ0v) is 12.7. The first kappa shape index (κ1) is 15.9. The van der Waals surface area contributed by atoms with Crippen molar-refractivity contribution in [2.45, 2.75) is 32.7 Å². The summed E-state index contributed by atoms with van der Waals surface area (Å²) in [5.74, 6) is -0.00775. The van der Waals surface area contributed by atoms with E-state index in [1.54, 1.807) is 0 Å². The Morgan fingerprint density at radius 3 is 2.71 bits per heavy atom. The summed E-state index contributed by atoms with van der Waals surface area (Å²) in [6.07, 6.45) is 3.94. The van der Waals surface area contributed by atoms with Gasteiger partial charge in [0.15, 0.2) is 5.69 Å². The van der Waals surface area contributed by atoms with Gasteiger partial charge < -0.3 is 10.2 Å². The van der Waals surface area contributed by atoms with Crippen LogP contribution in [0.25, 0.3) is 0 Å². The smallest absolute Gasteiger partial charge is 0.279 e. The van der Waals surface area contributed by atoms with Gasteiger partial charge in [0.2, 0.25) is 5.89 Å². The molecule has 0 saturated carbocycles. The molecule has 2 rings (SSSR count). The number of hydrogen-bond acceptors (Lipinski definition) is 5. The molecule has 1 aromatic rings. The number of rotatable bonds is 6. The van der Waals surface area contributed by atoms with Gasteiger partial charge in [-0.15, -0.1) is 0 Å². The zero-order valence-electron chi connectivity index (χ0n) is 11.9. The molecular formula is C12H20N4O4S. The maximum Gasteiger partial charge on any atom is 0.279 e. The quantitative estimate of drug-likeness (QED) is 0.778. The molecule has 21 heavy (non-hydrogen) atoms. The molecule has 1 amide bonds. The fraction of sp³-hybridized carbons (Fsp3) is 0.667. The number of oxazole rings is 1. The van der Waals surface area contributed by atoms with Crippen LogP contribution in [0.15, 0.2) is 10.7 Å². The monoisotopic (exact) mass is 316 g/mol. The van der Waals surface area contributed by atoms with Gasteiger partial charge in [-0.1, -0.05) is 13.3 Å². The van der Waals surface area contributed by atoms with Crippen LogP contribution >= 0.6 is 0 Å². The summed E-state index contributed by atoms with van der Waals surface area (Å²) in [6.45, 7) is 3.05. The number of piperidine rings is 1. The highest BCUT2D eigenvalue weighted by atomic mass is 32.2. The molecule has 0 radical (unpaired) electrons. The molecule has 1 aliphatic heterocycles. The van der Waals surface area contributed by atoms with Crippen LogP contribution in [0.2, 0.25) is 0 Å². The highest BCUT2D eigenvalue weighted by molar-refractivity contribution is 7.87. The highest BCUT2D eigenvalue weighted by Gasteiger charge is 2.27. The lowest BCUT2D eigenvalue weighted by Gasteiger charge is -2.30. The predicted octanol–water partition coefficient (Wildman–Crippen LogP) is 0.230. The van der Waals surface area contributed by atoms with Gasteiger partial charge in [-0.2, -0.15) is 17.4 Å². The van der Waals surface area contributed by atoms with Gasteiger partial charge >= 0.3 is 0 Å². The molecule has 1 aromatic heterocycles. The first-order valence-corrected chi connectivity index (χ1v) is 8.35. The molecule has 2 heterocycles. The van der Waals surface area contributed by atoms with E-state index in [2.05, 4.69) is 16.6 Å². The molecule has 0 atom stereocenters. The molecule has 1 saturated heterocycles. The molecule has 0 spiro atoms. The van der Waals surface area contributed by atoms with Crippen molar-refractivity contribution in [3.05, 3.63) is 17.8 Å². The Kier molecular flexibility index (Phi) is 4.96. The minimum Gasteiger partial charge on any atom is -0.447 e. The van der Waals surface area contributed by atoms with Gasteiger partial charge in [-0.25, -0.2) is 4.98 Å². The number of carbonyl (C=O) groups is 1. The van der Waals surface area contributed by atoms with E-state index in [4.69, 9.17) is 10.2 Å². The Morgan fingerprint density at radius 2 is 2.19 bits per heavy atom. The van der Waals surface area contributed by atoms with Gasteiger partial charge in [0.25, 0.3) is 16.1 Å². The lowest BCUT2D eigenvalue weighted by molar-refractivity contribution is 0.0995. The second-order valence-corrected chi connectivity index (χ2v) is 6.82. The van der Waals surface area contributed by atoms with E-state index in [0.717, 1.165) is 25.5 Å². The van der Waals surface area contributed by atoms with Crippen molar-refractivity contribution in [2.24, 2.45) is 11.7 Å². The van der Waals surface area contributed by atoms with E-state index in [0.29, 0.717) is 19.0 Å². The van der Waals surface area contributed by atoms with Crippen molar-refractivity contribution in [1.29, 1.82) is 0 Å². The van der Waals surface area contributed by atoms with E-state index < -0.39 is 16.1 Å². The lowest BCUT2D eigenvalue weighted by Crippen LogP contribution is -2.44. The Labute approximate surface area is 123 Å². The molecular weight excluding hydrogens is 296 g/mol. The number of nitrogens with zero attached hydrogens (tertiary/aromatic N) is 2. The van der Waals surface area contributed by atoms with Gasteiger partial charge in [-0.05, 0) is 18.8 Å². The van der Waals surface area contributed by atoms with Crippen LogP contribution < -0.4 is 10.5 Å². The zero-order chi connectivity index (χ0) is 15.5. The van der Waals surface area contributed by atoms with E-state index >= 15 is 0 Å². The minimum atomic E-state index is -3.56. The van der Waals surface area contributed by atoms with E-state index in [1.807, 2.05) is 0 Å². The van der Waals surface area contributed by atoms with E-state index in [1.165, 1.54) is 4.31 Å². The van der Waals surface area contributed by atoms with Crippen molar-refractivity contribution < 1.29 is 17.6 Å². The first-order chi connectivity index (χ1) is 9.92. The Balaban J connectivity index is 1.90. The van der Waals surface area contributed by atoms with E-state index in [9.17, 15) is 13.2 Å². The molecule has 1 aliphatic rings. The van der Waals surface area contributed by atoms with Crippen LogP contribution in [0, 0.1) is 5.92 Å². The summed E-state index contributed by atoms with van der Waals surface area (Å²) in [7, 11) is -3.56. The Morgan fingerprint density at radius 1 is 1.52 bits per heavy atom. The van der Waals surface area contributed by atoms with Crippen LogP contribution in [-0.2, 0) is 16.8 Å². The molecule has 0 aliphatic carbocycles. The predicted molar refractivity (Wildman–Crippen MR) is 75.4 cm³/mol. The molecule has 0 unspecified atom stereocenters. The van der Waals surface area contributed by atoms with Crippen molar-refractivity contribution in [3.8, 4) is 0 Å². The van der Waals surface area contributed by atoms with E-state index in [-0.39, 0.29) is 18.1 Å². The molecule has 0 bridgehead atoms. The number of nitrogens with two attached hydrogens (primary N) is 1. The third-order valence-corrected chi connectivity index (χ3v) is 5.25. The standard InChI is InChI=1S/C12H20N4O4S/c1-2-9-3-5-16(6-4-9)21(18,19)14-7-11-15-10(8-20-11)12(13)17/h8-9,14H,2-7H2,1H3,(H2,13,17). The normalized spacial score (nSPS) is 18.0. The summed E-state index contributed by atoms with van der Waals surface area (Å²) in [4.78, 5) is 14.7. The number of carbonyl (C=O) groups excluding carboxylic acids is 1. The lowest BCUT2D eigenvalue weighted by atomic mass is 9.96. The largest absolute Gasteiger partial charge is 0.447 e. The van der Waals surface area contributed by atoms with Crippen LogP contribution in [0.3, 0.4) is 0 Å². The fourth-order valence-electron chi connectivity index (χ4n) is 2.31.